The normalized spacial score (nSPS) is 19.7. The van der Waals surface area contributed by atoms with Crippen LogP contribution in [-0.2, 0) is 11.3 Å². The van der Waals surface area contributed by atoms with Crippen LogP contribution in [0.2, 0.25) is 0 Å². The number of halogens is 1. The second-order valence-electron chi connectivity index (χ2n) is 9.07. The number of carbonyl (C=O) groups is 2. The minimum atomic E-state index is -0.0480. The Hall–Kier alpha value is -1.84. The lowest BCUT2D eigenvalue weighted by Gasteiger charge is -2.21. The first-order chi connectivity index (χ1) is 15.5. The van der Waals surface area contributed by atoms with E-state index in [1.54, 1.807) is 0 Å². The highest BCUT2D eigenvalue weighted by atomic mass is 127. The van der Waals surface area contributed by atoms with Gasteiger partial charge in [0.15, 0.2) is 5.96 Å². The van der Waals surface area contributed by atoms with Crippen LogP contribution in [0.1, 0.15) is 75.2 Å². The molecule has 184 valence electrons. The van der Waals surface area contributed by atoms with Gasteiger partial charge in [0.05, 0.1) is 6.54 Å². The van der Waals surface area contributed by atoms with E-state index in [2.05, 4.69) is 22.9 Å². The van der Waals surface area contributed by atoms with Gasteiger partial charge in [-0.1, -0.05) is 31.9 Å². The van der Waals surface area contributed by atoms with E-state index in [1.807, 2.05) is 43.0 Å². The molecule has 1 saturated carbocycles. The van der Waals surface area contributed by atoms with Crippen molar-refractivity contribution in [3.63, 3.8) is 0 Å². The molecule has 2 unspecified atom stereocenters. The Morgan fingerprint density at radius 3 is 2.64 bits per heavy atom. The van der Waals surface area contributed by atoms with Gasteiger partial charge in [-0.15, -0.1) is 24.0 Å². The van der Waals surface area contributed by atoms with E-state index in [9.17, 15) is 9.59 Å². The largest absolute Gasteiger partial charge is 0.357 e. The molecule has 1 aliphatic carbocycles. The van der Waals surface area contributed by atoms with Gasteiger partial charge in [0.25, 0.3) is 5.91 Å². The molecule has 33 heavy (non-hydrogen) atoms. The Kier molecular flexibility index (Phi) is 11.4. The zero-order valence-corrected chi connectivity index (χ0v) is 22.6. The summed E-state index contributed by atoms with van der Waals surface area (Å²) >= 11 is 0. The second-order valence-corrected chi connectivity index (χ2v) is 9.07. The number of guanidine groups is 1. The SMILES string of the molecule is CCNC(=NCc1cccc(C(=O)NC(C)CC)c1)NC1CCN(C(=O)C2CCCC2)C1.I. The van der Waals surface area contributed by atoms with Gasteiger partial charge in [-0.3, -0.25) is 9.59 Å². The lowest BCUT2D eigenvalue weighted by molar-refractivity contribution is -0.134. The molecule has 1 aromatic carbocycles. The summed E-state index contributed by atoms with van der Waals surface area (Å²) in [5, 5.41) is 9.81. The topological polar surface area (TPSA) is 85.8 Å². The molecule has 2 aliphatic rings. The monoisotopic (exact) mass is 569 g/mol. The summed E-state index contributed by atoms with van der Waals surface area (Å²) in [7, 11) is 0. The van der Waals surface area contributed by atoms with E-state index in [-0.39, 0.29) is 47.9 Å². The predicted octanol–water partition coefficient (Wildman–Crippen LogP) is 3.68. The molecule has 2 amide bonds. The molecular formula is C25H40IN5O2. The summed E-state index contributed by atoms with van der Waals surface area (Å²) in [4.78, 5) is 31.9. The van der Waals surface area contributed by atoms with Gasteiger partial charge in [0.2, 0.25) is 5.91 Å². The number of amides is 2. The van der Waals surface area contributed by atoms with Crippen molar-refractivity contribution in [2.45, 2.75) is 77.9 Å². The number of nitrogens with zero attached hydrogens (tertiary/aromatic N) is 2. The number of likely N-dealkylation sites (tertiary alicyclic amines) is 1. The van der Waals surface area contributed by atoms with Crippen molar-refractivity contribution in [1.29, 1.82) is 0 Å². The van der Waals surface area contributed by atoms with Gasteiger partial charge >= 0.3 is 0 Å². The third kappa shape index (κ3) is 8.15. The quantitative estimate of drug-likeness (QED) is 0.254. The summed E-state index contributed by atoms with van der Waals surface area (Å²) in [5.41, 5.74) is 1.65. The molecule has 0 bridgehead atoms. The summed E-state index contributed by atoms with van der Waals surface area (Å²) < 4.78 is 0. The van der Waals surface area contributed by atoms with Crippen LogP contribution in [0.15, 0.2) is 29.3 Å². The fraction of sp³-hybridized carbons (Fsp3) is 0.640. The van der Waals surface area contributed by atoms with Crippen LogP contribution in [0.4, 0.5) is 0 Å². The maximum absolute atomic E-state index is 12.7. The smallest absolute Gasteiger partial charge is 0.251 e. The fourth-order valence-corrected chi connectivity index (χ4v) is 4.41. The second kappa shape index (κ2) is 13.8. The van der Waals surface area contributed by atoms with Crippen molar-refractivity contribution in [2.75, 3.05) is 19.6 Å². The average molecular weight is 570 g/mol. The fourth-order valence-electron chi connectivity index (χ4n) is 4.41. The highest BCUT2D eigenvalue weighted by Gasteiger charge is 2.32. The number of carbonyl (C=O) groups excluding carboxylic acids is 2. The molecule has 1 aliphatic heterocycles. The number of benzene rings is 1. The van der Waals surface area contributed by atoms with Crippen molar-refractivity contribution in [3.05, 3.63) is 35.4 Å². The lowest BCUT2D eigenvalue weighted by Crippen LogP contribution is -2.45. The van der Waals surface area contributed by atoms with Crippen LogP contribution in [0, 0.1) is 5.92 Å². The molecule has 0 radical (unpaired) electrons. The maximum atomic E-state index is 12.7. The van der Waals surface area contributed by atoms with Gasteiger partial charge in [0, 0.05) is 43.2 Å². The summed E-state index contributed by atoms with van der Waals surface area (Å²) in [5.74, 6) is 1.27. The third-order valence-electron chi connectivity index (χ3n) is 6.49. The molecule has 2 atom stereocenters. The molecule has 3 N–H and O–H groups in total. The predicted molar refractivity (Wildman–Crippen MR) is 144 cm³/mol. The molecule has 1 saturated heterocycles. The lowest BCUT2D eigenvalue weighted by atomic mass is 10.1. The Balaban J connectivity index is 0.00000385. The van der Waals surface area contributed by atoms with E-state index in [0.29, 0.717) is 18.0 Å². The van der Waals surface area contributed by atoms with Crippen LogP contribution in [0.5, 0.6) is 0 Å². The van der Waals surface area contributed by atoms with E-state index < -0.39 is 0 Å². The molecule has 7 nitrogen and oxygen atoms in total. The van der Waals surface area contributed by atoms with Crippen LogP contribution in [0.25, 0.3) is 0 Å². The summed E-state index contributed by atoms with van der Waals surface area (Å²) in [6.45, 7) is 8.91. The number of aliphatic imine (C=N–C) groups is 1. The van der Waals surface area contributed by atoms with Crippen molar-refractivity contribution in [1.82, 2.24) is 20.9 Å². The third-order valence-corrected chi connectivity index (χ3v) is 6.49. The number of hydrogen-bond donors (Lipinski definition) is 3. The van der Waals surface area contributed by atoms with Gasteiger partial charge < -0.3 is 20.9 Å². The van der Waals surface area contributed by atoms with E-state index in [1.165, 1.54) is 12.8 Å². The average Bonchev–Trinajstić information content (AvgIpc) is 3.50. The molecular weight excluding hydrogens is 529 g/mol. The molecule has 1 heterocycles. The number of hydrogen-bond acceptors (Lipinski definition) is 3. The molecule has 2 fully saturated rings. The zero-order chi connectivity index (χ0) is 22.9. The number of rotatable bonds is 8. The van der Waals surface area contributed by atoms with Gasteiger partial charge in [-0.05, 0) is 57.2 Å². The minimum Gasteiger partial charge on any atom is -0.357 e. The van der Waals surface area contributed by atoms with Gasteiger partial charge in [0.1, 0.15) is 0 Å². The van der Waals surface area contributed by atoms with Crippen molar-refractivity contribution < 1.29 is 9.59 Å². The Morgan fingerprint density at radius 2 is 1.94 bits per heavy atom. The van der Waals surface area contributed by atoms with Crippen LogP contribution in [0.3, 0.4) is 0 Å². The number of nitrogens with one attached hydrogen (secondary N) is 3. The summed E-state index contributed by atoms with van der Waals surface area (Å²) in [6.07, 6.45) is 6.30. The van der Waals surface area contributed by atoms with E-state index in [4.69, 9.17) is 4.99 Å². The summed E-state index contributed by atoms with van der Waals surface area (Å²) in [6, 6.07) is 8.00. The highest BCUT2D eigenvalue weighted by molar-refractivity contribution is 14.0. The van der Waals surface area contributed by atoms with Crippen LogP contribution in [-0.4, -0.2) is 54.4 Å². The first-order valence-corrected chi connectivity index (χ1v) is 12.2. The zero-order valence-electron chi connectivity index (χ0n) is 20.2. The van der Waals surface area contributed by atoms with Crippen molar-refractivity contribution >= 4 is 41.8 Å². The van der Waals surface area contributed by atoms with Crippen LogP contribution >= 0.6 is 24.0 Å². The first kappa shape index (κ1) is 27.4. The van der Waals surface area contributed by atoms with Gasteiger partial charge in [-0.2, -0.15) is 0 Å². The molecule has 0 aromatic heterocycles. The highest BCUT2D eigenvalue weighted by Crippen LogP contribution is 2.27. The molecule has 1 aromatic rings. The van der Waals surface area contributed by atoms with E-state index >= 15 is 0 Å². The minimum absolute atomic E-state index is 0. The van der Waals surface area contributed by atoms with Crippen LogP contribution < -0.4 is 16.0 Å². The first-order valence-electron chi connectivity index (χ1n) is 12.2. The molecule has 0 spiro atoms. The maximum Gasteiger partial charge on any atom is 0.251 e. The Labute approximate surface area is 215 Å². The van der Waals surface area contributed by atoms with E-state index in [0.717, 1.165) is 56.8 Å². The van der Waals surface area contributed by atoms with Gasteiger partial charge in [-0.25, -0.2) is 4.99 Å². The van der Waals surface area contributed by atoms with Crippen molar-refractivity contribution in [3.8, 4) is 0 Å². The Morgan fingerprint density at radius 1 is 1.18 bits per heavy atom. The Bertz CT molecular complexity index is 810. The molecule has 3 rings (SSSR count). The van der Waals surface area contributed by atoms with Crippen molar-refractivity contribution in [2.24, 2.45) is 10.9 Å². The standard InChI is InChI=1S/C25H39N5O2.HI/c1-4-18(3)28-23(31)21-12-8-9-19(15-21)16-27-25(26-5-2)29-22-13-14-30(17-22)24(32)20-10-6-7-11-20;/h8-9,12,15,18,20,22H,4-7,10-11,13-14,16-17H2,1-3H3,(H,28,31)(H2,26,27,29);1H. The molecule has 8 heteroatoms.